The van der Waals surface area contributed by atoms with Gasteiger partial charge in [0.15, 0.2) is 0 Å². The molecular weight excluding hydrogens is 256 g/mol. The van der Waals surface area contributed by atoms with Gasteiger partial charge < -0.3 is 5.32 Å². The SMILES string of the molecule is CNS(=O)(=O)c1ccccc1NCCCSC. The van der Waals surface area contributed by atoms with Gasteiger partial charge in [-0.05, 0) is 37.6 Å². The Morgan fingerprint density at radius 1 is 1.29 bits per heavy atom. The molecule has 17 heavy (non-hydrogen) atoms. The van der Waals surface area contributed by atoms with E-state index in [1.54, 1.807) is 30.0 Å². The van der Waals surface area contributed by atoms with E-state index in [-0.39, 0.29) is 0 Å². The van der Waals surface area contributed by atoms with Crippen LogP contribution in [0.15, 0.2) is 29.2 Å². The van der Waals surface area contributed by atoms with Gasteiger partial charge in [0.25, 0.3) is 0 Å². The Hall–Kier alpha value is -0.720. The van der Waals surface area contributed by atoms with Crippen molar-refractivity contribution in [3.63, 3.8) is 0 Å². The molecule has 4 nitrogen and oxygen atoms in total. The first-order chi connectivity index (χ1) is 8.11. The van der Waals surface area contributed by atoms with Gasteiger partial charge in [0.05, 0.1) is 5.69 Å². The standard InChI is InChI=1S/C11H18N2O2S2/c1-12-17(14,15)11-7-4-3-6-10(11)13-8-5-9-16-2/h3-4,6-7,12-13H,5,8-9H2,1-2H3. The predicted molar refractivity (Wildman–Crippen MR) is 74.2 cm³/mol. The van der Waals surface area contributed by atoms with E-state index < -0.39 is 10.0 Å². The molecule has 0 atom stereocenters. The van der Waals surface area contributed by atoms with Crippen molar-refractivity contribution in [2.75, 3.05) is 30.9 Å². The maximum Gasteiger partial charge on any atom is 0.242 e. The highest BCUT2D eigenvalue weighted by Crippen LogP contribution is 2.20. The number of nitrogens with one attached hydrogen (secondary N) is 2. The van der Waals surface area contributed by atoms with Crippen LogP contribution in [0.25, 0.3) is 0 Å². The van der Waals surface area contributed by atoms with Gasteiger partial charge in [-0.2, -0.15) is 11.8 Å². The third-order valence-corrected chi connectivity index (χ3v) is 4.46. The highest BCUT2D eigenvalue weighted by Gasteiger charge is 2.15. The zero-order chi connectivity index (χ0) is 12.7. The van der Waals surface area contributed by atoms with Gasteiger partial charge >= 0.3 is 0 Å². The molecule has 0 saturated heterocycles. The molecule has 1 aromatic rings. The lowest BCUT2D eigenvalue weighted by Gasteiger charge is -2.11. The van der Waals surface area contributed by atoms with E-state index in [1.807, 2.05) is 6.07 Å². The lowest BCUT2D eigenvalue weighted by Crippen LogP contribution is -2.20. The number of para-hydroxylation sites is 1. The average molecular weight is 274 g/mol. The van der Waals surface area contributed by atoms with Crippen molar-refractivity contribution in [1.29, 1.82) is 0 Å². The summed E-state index contributed by atoms with van der Waals surface area (Å²) in [4.78, 5) is 0.298. The van der Waals surface area contributed by atoms with Gasteiger partial charge in [-0.25, -0.2) is 13.1 Å². The molecule has 6 heteroatoms. The second kappa shape index (κ2) is 6.88. The fraction of sp³-hybridized carbons (Fsp3) is 0.455. The molecule has 0 saturated carbocycles. The van der Waals surface area contributed by atoms with Gasteiger partial charge in [0.1, 0.15) is 4.90 Å². The lowest BCUT2D eigenvalue weighted by molar-refractivity contribution is 0.588. The second-order valence-corrected chi connectivity index (χ2v) is 6.32. The van der Waals surface area contributed by atoms with Crippen LogP contribution in [0.4, 0.5) is 5.69 Å². The summed E-state index contributed by atoms with van der Waals surface area (Å²) in [5.74, 6) is 1.06. The molecule has 0 unspecified atom stereocenters. The number of benzene rings is 1. The van der Waals surface area contributed by atoms with E-state index in [2.05, 4.69) is 16.3 Å². The molecule has 0 aromatic heterocycles. The van der Waals surface area contributed by atoms with Crippen molar-refractivity contribution in [3.8, 4) is 0 Å². The third kappa shape index (κ3) is 4.22. The zero-order valence-electron chi connectivity index (χ0n) is 10.1. The number of thioether (sulfide) groups is 1. The first kappa shape index (κ1) is 14.3. The van der Waals surface area contributed by atoms with Crippen molar-refractivity contribution in [2.24, 2.45) is 0 Å². The molecule has 2 N–H and O–H groups in total. The van der Waals surface area contributed by atoms with Crippen molar-refractivity contribution in [1.82, 2.24) is 4.72 Å². The summed E-state index contributed by atoms with van der Waals surface area (Å²) in [7, 11) is -1.97. The van der Waals surface area contributed by atoms with Crippen molar-refractivity contribution >= 4 is 27.5 Å². The van der Waals surface area contributed by atoms with Gasteiger partial charge in [-0.1, -0.05) is 12.1 Å². The smallest absolute Gasteiger partial charge is 0.242 e. The quantitative estimate of drug-likeness (QED) is 0.744. The minimum atomic E-state index is -3.39. The largest absolute Gasteiger partial charge is 0.384 e. The second-order valence-electron chi connectivity index (χ2n) is 3.48. The van der Waals surface area contributed by atoms with E-state index in [9.17, 15) is 8.42 Å². The fourth-order valence-corrected chi connectivity index (χ4v) is 2.74. The van der Waals surface area contributed by atoms with E-state index >= 15 is 0 Å². The number of sulfonamides is 1. The Bertz CT molecular complexity index is 447. The lowest BCUT2D eigenvalue weighted by atomic mass is 10.3. The Morgan fingerprint density at radius 3 is 2.65 bits per heavy atom. The highest BCUT2D eigenvalue weighted by molar-refractivity contribution is 7.98. The molecule has 0 radical (unpaired) electrons. The summed E-state index contributed by atoms with van der Waals surface area (Å²) in [6.07, 6.45) is 3.06. The third-order valence-electron chi connectivity index (χ3n) is 2.29. The van der Waals surface area contributed by atoms with Gasteiger partial charge in [0, 0.05) is 6.54 Å². The maximum atomic E-state index is 11.8. The summed E-state index contributed by atoms with van der Waals surface area (Å²) >= 11 is 1.78. The number of anilines is 1. The van der Waals surface area contributed by atoms with Gasteiger partial charge in [-0.3, -0.25) is 0 Å². The summed E-state index contributed by atoms with van der Waals surface area (Å²) in [5.41, 5.74) is 0.656. The molecule has 0 fully saturated rings. The molecule has 0 aliphatic heterocycles. The van der Waals surface area contributed by atoms with Crippen LogP contribution in [0.5, 0.6) is 0 Å². The molecule has 96 valence electrons. The van der Waals surface area contributed by atoms with Crippen LogP contribution >= 0.6 is 11.8 Å². The monoisotopic (exact) mass is 274 g/mol. The number of rotatable bonds is 7. The van der Waals surface area contributed by atoms with E-state index in [1.165, 1.54) is 7.05 Å². The topological polar surface area (TPSA) is 58.2 Å². The van der Waals surface area contributed by atoms with Gasteiger partial charge in [-0.15, -0.1) is 0 Å². The van der Waals surface area contributed by atoms with Crippen LogP contribution in [0.1, 0.15) is 6.42 Å². The maximum absolute atomic E-state index is 11.8. The van der Waals surface area contributed by atoms with E-state index in [0.717, 1.165) is 18.7 Å². The normalized spacial score (nSPS) is 11.4. The number of hydrogen-bond acceptors (Lipinski definition) is 4. The molecule has 0 amide bonds. The highest BCUT2D eigenvalue weighted by atomic mass is 32.2. The van der Waals surface area contributed by atoms with Crippen molar-refractivity contribution < 1.29 is 8.42 Å². The van der Waals surface area contributed by atoms with Crippen LogP contribution in [0.2, 0.25) is 0 Å². The van der Waals surface area contributed by atoms with Crippen LogP contribution in [-0.2, 0) is 10.0 Å². The first-order valence-electron chi connectivity index (χ1n) is 5.37. The molecule has 1 rings (SSSR count). The fourth-order valence-electron chi connectivity index (χ4n) is 1.40. The molecule has 0 aliphatic rings. The summed E-state index contributed by atoms with van der Waals surface area (Å²) in [6, 6.07) is 6.93. The average Bonchev–Trinajstić information content (AvgIpc) is 2.35. The molecule has 0 heterocycles. The summed E-state index contributed by atoms with van der Waals surface area (Å²) in [6.45, 7) is 0.775. The Kier molecular flexibility index (Phi) is 5.80. The Labute approximate surface area is 107 Å². The Morgan fingerprint density at radius 2 is 2.00 bits per heavy atom. The van der Waals surface area contributed by atoms with Crippen LogP contribution in [-0.4, -0.2) is 34.0 Å². The Balaban J connectivity index is 2.79. The van der Waals surface area contributed by atoms with Crippen LogP contribution in [0.3, 0.4) is 0 Å². The molecule has 0 spiro atoms. The molecule has 0 aliphatic carbocycles. The molecule has 1 aromatic carbocycles. The van der Waals surface area contributed by atoms with E-state index in [0.29, 0.717) is 10.6 Å². The molecule has 0 bridgehead atoms. The summed E-state index contributed by atoms with van der Waals surface area (Å²) in [5, 5.41) is 3.16. The van der Waals surface area contributed by atoms with Crippen molar-refractivity contribution in [3.05, 3.63) is 24.3 Å². The molecular formula is C11H18N2O2S2. The van der Waals surface area contributed by atoms with E-state index in [4.69, 9.17) is 0 Å². The van der Waals surface area contributed by atoms with Gasteiger partial charge in [0.2, 0.25) is 10.0 Å². The predicted octanol–water partition coefficient (Wildman–Crippen LogP) is 1.76. The minimum absolute atomic E-state index is 0.298. The zero-order valence-corrected chi connectivity index (χ0v) is 11.7. The van der Waals surface area contributed by atoms with Crippen LogP contribution < -0.4 is 10.0 Å². The summed E-state index contributed by atoms with van der Waals surface area (Å²) < 4.78 is 25.8. The van der Waals surface area contributed by atoms with Crippen LogP contribution in [0, 0.1) is 0 Å². The first-order valence-corrected chi connectivity index (χ1v) is 8.25. The minimum Gasteiger partial charge on any atom is -0.384 e. The number of hydrogen-bond donors (Lipinski definition) is 2. The van der Waals surface area contributed by atoms with Crippen molar-refractivity contribution in [2.45, 2.75) is 11.3 Å².